The number of fused-ring (bicyclic) bond motifs is 3. The maximum absolute atomic E-state index is 6.33. The summed E-state index contributed by atoms with van der Waals surface area (Å²) in [6.07, 6.45) is 2.18. The fraction of sp³-hybridized carbons (Fsp3) is 0. The van der Waals surface area contributed by atoms with Crippen LogP contribution in [0.1, 0.15) is 16.7 Å². The fourth-order valence-corrected chi connectivity index (χ4v) is 3.53. The molecule has 106 valence electrons. The van der Waals surface area contributed by atoms with E-state index in [1.807, 2.05) is 24.3 Å². The Kier molecular flexibility index (Phi) is 3.40. The third-order valence-corrected chi connectivity index (χ3v) is 4.82. The van der Waals surface area contributed by atoms with E-state index >= 15 is 0 Å². The van der Waals surface area contributed by atoms with Crippen molar-refractivity contribution in [3.63, 3.8) is 0 Å². The lowest BCUT2D eigenvalue weighted by molar-refractivity contribution is 1.61. The molecule has 0 amide bonds. The van der Waals surface area contributed by atoms with Crippen LogP contribution in [0.5, 0.6) is 0 Å². The van der Waals surface area contributed by atoms with Crippen molar-refractivity contribution in [1.29, 1.82) is 0 Å². The van der Waals surface area contributed by atoms with Crippen LogP contribution in [0, 0.1) is 0 Å². The van der Waals surface area contributed by atoms with Crippen molar-refractivity contribution < 1.29 is 0 Å². The number of benzene rings is 3. The maximum Gasteiger partial charge on any atom is 0.0478 e. The molecule has 3 aromatic rings. The van der Waals surface area contributed by atoms with E-state index in [4.69, 9.17) is 11.6 Å². The second kappa shape index (κ2) is 5.42. The van der Waals surface area contributed by atoms with Gasteiger partial charge in [0.1, 0.15) is 0 Å². The zero-order valence-electron chi connectivity index (χ0n) is 11.7. The Hall–Kier alpha value is -1.83. The number of halogens is 2. The van der Waals surface area contributed by atoms with Gasteiger partial charge in [0.25, 0.3) is 0 Å². The van der Waals surface area contributed by atoms with Gasteiger partial charge in [-0.2, -0.15) is 0 Å². The molecule has 0 saturated carbocycles. The summed E-state index contributed by atoms with van der Waals surface area (Å²) in [7, 11) is 0. The molecule has 22 heavy (non-hydrogen) atoms. The van der Waals surface area contributed by atoms with Crippen LogP contribution in [-0.2, 0) is 0 Å². The van der Waals surface area contributed by atoms with Gasteiger partial charge >= 0.3 is 0 Å². The zero-order chi connectivity index (χ0) is 15.1. The van der Waals surface area contributed by atoms with E-state index < -0.39 is 0 Å². The van der Waals surface area contributed by atoms with E-state index in [1.54, 1.807) is 0 Å². The number of hydrogen-bond donors (Lipinski definition) is 0. The molecule has 0 saturated heterocycles. The Balaban J connectivity index is 2.00. The topological polar surface area (TPSA) is 0 Å². The second-order valence-corrected chi connectivity index (χ2v) is 6.64. The molecule has 0 bridgehead atoms. The van der Waals surface area contributed by atoms with Crippen LogP contribution in [0.15, 0.2) is 71.2 Å². The molecule has 2 heteroatoms. The summed E-state index contributed by atoms with van der Waals surface area (Å²) in [5.74, 6) is 0. The van der Waals surface area contributed by atoms with Crippen molar-refractivity contribution >= 4 is 39.2 Å². The first-order valence-electron chi connectivity index (χ1n) is 7.10. The minimum atomic E-state index is 0.774. The molecule has 3 aromatic carbocycles. The highest BCUT2D eigenvalue weighted by Crippen LogP contribution is 2.46. The molecule has 0 unspecified atom stereocenters. The van der Waals surface area contributed by atoms with Crippen molar-refractivity contribution in [2.75, 3.05) is 0 Å². The minimum absolute atomic E-state index is 0.774. The average Bonchev–Trinajstić information content (AvgIpc) is 2.83. The summed E-state index contributed by atoms with van der Waals surface area (Å²) in [6.45, 7) is 0. The van der Waals surface area contributed by atoms with Crippen LogP contribution >= 0.6 is 27.5 Å². The highest BCUT2D eigenvalue weighted by molar-refractivity contribution is 9.10. The molecule has 1 aliphatic rings. The summed E-state index contributed by atoms with van der Waals surface area (Å²) < 4.78 is 1.09. The van der Waals surface area contributed by atoms with Gasteiger partial charge in [-0.15, -0.1) is 0 Å². The molecule has 1 aliphatic carbocycles. The van der Waals surface area contributed by atoms with Crippen molar-refractivity contribution in [2.24, 2.45) is 0 Å². The monoisotopic (exact) mass is 366 g/mol. The Morgan fingerprint density at radius 1 is 0.727 bits per heavy atom. The summed E-state index contributed by atoms with van der Waals surface area (Å²) in [5.41, 5.74) is 7.33. The summed E-state index contributed by atoms with van der Waals surface area (Å²) in [4.78, 5) is 0. The van der Waals surface area contributed by atoms with Crippen molar-refractivity contribution in [2.45, 2.75) is 0 Å². The van der Waals surface area contributed by atoms with Crippen molar-refractivity contribution in [3.05, 3.63) is 92.9 Å². The Labute approximate surface area is 143 Å². The Morgan fingerprint density at radius 3 is 2.23 bits per heavy atom. The molecule has 0 atom stereocenters. The van der Waals surface area contributed by atoms with Gasteiger partial charge in [-0.25, -0.2) is 0 Å². The fourth-order valence-electron chi connectivity index (χ4n) is 2.98. The van der Waals surface area contributed by atoms with Gasteiger partial charge in [-0.3, -0.25) is 0 Å². The van der Waals surface area contributed by atoms with Crippen LogP contribution in [-0.4, -0.2) is 0 Å². The third kappa shape index (κ3) is 2.22. The lowest BCUT2D eigenvalue weighted by atomic mass is 10.0. The predicted molar refractivity (Wildman–Crippen MR) is 98.0 cm³/mol. The van der Waals surface area contributed by atoms with Crippen LogP contribution < -0.4 is 0 Å². The van der Waals surface area contributed by atoms with E-state index in [2.05, 4.69) is 64.5 Å². The standard InChI is InChI=1S/C20H12BrCl/c21-14-9-10-17-15-6-2-3-7-16(15)18(19(17)12-14)11-13-5-1-4-8-20(13)22/h1-12H/b18-11-. The van der Waals surface area contributed by atoms with Gasteiger partial charge in [0, 0.05) is 9.50 Å². The zero-order valence-corrected chi connectivity index (χ0v) is 14.0. The van der Waals surface area contributed by atoms with E-state index in [0.29, 0.717) is 0 Å². The van der Waals surface area contributed by atoms with Gasteiger partial charge < -0.3 is 0 Å². The van der Waals surface area contributed by atoms with Gasteiger partial charge in [-0.1, -0.05) is 76.1 Å². The lowest BCUT2D eigenvalue weighted by Crippen LogP contribution is -1.83. The van der Waals surface area contributed by atoms with Crippen LogP contribution in [0.3, 0.4) is 0 Å². The molecule has 4 rings (SSSR count). The largest absolute Gasteiger partial charge is 0.0837 e. The average molecular weight is 368 g/mol. The minimum Gasteiger partial charge on any atom is -0.0837 e. The smallest absolute Gasteiger partial charge is 0.0478 e. The molecular formula is C20H12BrCl. The second-order valence-electron chi connectivity index (χ2n) is 5.32. The summed E-state index contributed by atoms with van der Waals surface area (Å²) in [5, 5.41) is 0.774. The SMILES string of the molecule is Clc1ccccc1/C=C1/c2ccccc2-c2ccc(Br)cc21. The van der Waals surface area contributed by atoms with Crippen molar-refractivity contribution in [1.82, 2.24) is 0 Å². The quantitative estimate of drug-likeness (QED) is 0.352. The van der Waals surface area contributed by atoms with Crippen LogP contribution in [0.2, 0.25) is 5.02 Å². The van der Waals surface area contributed by atoms with Crippen molar-refractivity contribution in [3.8, 4) is 11.1 Å². The highest BCUT2D eigenvalue weighted by atomic mass is 79.9. The van der Waals surface area contributed by atoms with E-state index in [1.165, 1.54) is 27.8 Å². The first-order valence-corrected chi connectivity index (χ1v) is 8.27. The van der Waals surface area contributed by atoms with Gasteiger partial charge in [0.2, 0.25) is 0 Å². The van der Waals surface area contributed by atoms with E-state index in [9.17, 15) is 0 Å². The number of rotatable bonds is 1. The molecule has 0 fully saturated rings. The molecule has 0 aliphatic heterocycles. The third-order valence-electron chi connectivity index (χ3n) is 3.98. The Bertz CT molecular complexity index is 909. The van der Waals surface area contributed by atoms with E-state index in [0.717, 1.165) is 15.1 Å². The Morgan fingerprint density at radius 2 is 1.41 bits per heavy atom. The predicted octanol–water partition coefficient (Wildman–Crippen LogP) is 6.67. The molecule has 0 spiro atoms. The molecular weight excluding hydrogens is 356 g/mol. The molecule has 0 N–H and O–H groups in total. The van der Waals surface area contributed by atoms with Gasteiger partial charge in [0.05, 0.1) is 0 Å². The van der Waals surface area contributed by atoms with Crippen LogP contribution in [0.25, 0.3) is 22.8 Å². The summed E-state index contributed by atoms with van der Waals surface area (Å²) in [6, 6.07) is 22.9. The van der Waals surface area contributed by atoms with Crippen LogP contribution in [0.4, 0.5) is 0 Å². The number of hydrogen-bond acceptors (Lipinski definition) is 0. The first-order chi connectivity index (χ1) is 10.7. The normalized spacial score (nSPS) is 14.0. The molecule has 0 heterocycles. The lowest BCUT2D eigenvalue weighted by Gasteiger charge is -2.05. The molecule has 0 radical (unpaired) electrons. The maximum atomic E-state index is 6.33. The highest BCUT2D eigenvalue weighted by Gasteiger charge is 2.23. The molecule has 0 nitrogen and oxygen atoms in total. The van der Waals surface area contributed by atoms with Gasteiger partial charge in [0.15, 0.2) is 0 Å². The van der Waals surface area contributed by atoms with E-state index in [-0.39, 0.29) is 0 Å². The molecule has 0 aromatic heterocycles. The summed E-state index contributed by atoms with van der Waals surface area (Å²) >= 11 is 9.92. The van der Waals surface area contributed by atoms with Gasteiger partial charge in [-0.05, 0) is 57.7 Å². The first kappa shape index (κ1) is 13.8.